The number of aromatic carboxylic acids is 1. The number of carboxylic acids is 1. The number of rotatable bonds is 1. The molecular formula is C14H11N2NaO2. The first kappa shape index (κ1) is 14.1. The van der Waals surface area contributed by atoms with Gasteiger partial charge in [0.05, 0.1) is 22.9 Å². The van der Waals surface area contributed by atoms with Crippen molar-refractivity contribution in [2.75, 3.05) is 0 Å². The summed E-state index contributed by atoms with van der Waals surface area (Å²) >= 11 is 0. The van der Waals surface area contributed by atoms with Crippen LogP contribution in [-0.2, 0) is 7.05 Å². The number of hydrogen-bond acceptors (Lipinski definition) is 3. The van der Waals surface area contributed by atoms with Crippen molar-refractivity contribution in [1.29, 1.82) is 0 Å². The van der Waals surface area contributed by atoms with Crippen LogP contribution in [0.2, 0.25) is 0 Å². The zero-order valence-corrected chi connectivity index (χ0v) is 13.1. The van der Waals surface area contributed by atoms with E-state index in [1.54, 1.807) is 6.07 Å². The Balaban J connectivity index is 0.00000133. The normalized spacial score (nSPS) is 10.6. The fourth-order valence-electron chi connectivity index (χ4n) is 2.51. The molecule has 2 heterocycles. The van der Waals surface area contributed by atoms with E-state index >= 15 is 0 Å². The maximum Gasteiger partial charge on any atom is 1.00 e. The Morgan fingerprint density at radius 2 is 1.95 bits per heavy atom. The molecule has 0 spiro atoms. The van der Waals surface area contributed by atoms with Gasteiger partial charge in [-0.2, -0.15) is 0 Å². The minimum Gasteiger partial charge on any atom is -0.543 e. The number of carbonyl (C=O) groups is 1. The van der Waals surface area contributed by atoms with Crippen LogP contribution in [0.1, 0.15) is 16.2 Å². The summed E-state index contributed by atoms with van der Waals surface area (Å²) in [6.45, 7) is 1.81. The van der Waals surface area contributed by atoms with Crippen molar-refractivity contribution in [2.24, 2.45) is 7.05 Å². The molecule has 0 unspecified atom stereocenters. The van der Waals surface area contributed by atoms with Crippen LogP contribution in [0.3, 0.4) is 0 Å². The average Bonchev–Trinajstić information content (AvgIpc) is 2.64. The summed E-state index contributed by atoms with van der Waals surface area (Å²) < 4.78 is 2.03. The van der Waals surface area contributed by atoms with E-state index in [9.17, 15) is 9.90 Å². The molecule has 0 atom stereocenters. The molecule has 2 aromatic heterocycles. The van der Waals surface area contributed by atoms with Crippen LogP contribution < -0.4 is 34.7 Å². The number of aryl methyl sites for hydroxylation is 2. The van der Waals surface area contributed by atoms with E-state index in [4.69, 9.17) is 0 Å². The van der Waals surface area contributed by atoms with E-state index in [0.717, 1.165) is 21.8 Å². The summed E-state index contributed by atoms with van der Waals surface area (Å²) in [4.78, 5) is 15.0. The molecule has 5 heteroatoms. The van der Waals surface area contributed by atoms with Crippen LogP contribution in [0.15, 0.2) is 30.3 Å². The molecule has 0 aliphatic rings. The zero-order chi connectivity index (χ0) is 12.9. The van der Waals surface area contributed by atoms with Gasteiger partial charge in [0.25, 0.3) is 0 Å². The minimum absolute atomic E-state index is 0. The van der Waals surface area contributed by atoms with E-state index in [1.165, 1.54) is 0 Å². The van der Waals surface area contributed by atoms with Gasteiger partial charge < -0.3 is 14.5 Å². The van der Waals surface area contributed by atoms with Crippen LogP contribution >= 0.6 is 0 Å². The van der Waals surface area contributed by atoms with E-state index in [1.807, 2.05) is 42.8 Å². The van der Waals surface area contributed by atoms with Gasteiger partial charge in [-0.25, -0.2) is 4.98 Å². The zero-order valence-electron chi connectivity index (χ0n) is 11.1. The van der Waals surface area contributed by atoms with E-state index in [2.05, 4.69) is 4.98 Å². The number of hydrogen-bond donors (Lipinski definition) is 0. The van der Waals surface area contributed by atoms with Gasteiger partial charge in [-0.1, -0.05) is 18.2 Å². The van der Waals surface area contributed by atoms with Crippen LogP contribution in [0.25, 0.3) is 21.8 Å². The number of pyridine rings is 1. The predicted molar refractivity (Wildman–Crippen MR) is 67.3 cm³/mol. The first-order chi connectivity index (χ1) is 8.59. The quantitative estimate of drug-likeness (QED) is 0.496. The Kier molecular flexibility index (Phi) is 3.67. The fourth-order valence-corrected chi connectivity index (χ4v) is 2.51. The summed E-state index contributed by atoms with van der Waals surface area (Å²) in [7, 11) is 1.96. The Hall–Kier alpha value is -1.36. The SMILES string of the molecule is Cc1nc(C(=O)[O-])cc2c3ccccc3n(C)c12.[Na+]. The Morgan fingerprint density at radius 3 is 2.63 bits per heavy atom. The van der Waals surface area contributed by atoms with Crippen molar-refractivity contribution in [3.05, 3.63) is 41.7 Å². The molecule has 19 heavy (non-hydrogen) atoms. The Morgan fingerprint density at radius 1 is 1.26 bits per heavy atom. The number of fused-ring (bicyclic) bond motifs is 3. The van der Waals surface area contributed by atoms with Gasteiger partial charge in [-0.05, 0) is 19.1 Å². The van der Waals surface area contributed by atoms with Crippen LogP contribution in [0, 0.1) is 6.92 Å². The summed E-state index contributed by atoms with van der Waals surface area (Å²) in [5.41, 5.74) is 2.70. The molecule has 1 aromatic carbocycles. The van der Waals surface area contributed by atoms with Crippen LogP contribution in [-0.4, -0.2) is 15.5 Å². The summed E-state index contributed by atoms with van der Waals surface area (Å²) in [5, 5.41) is 12.9. The van der Waals surface area contributed by atoms with E-state index < -0.39 is 5.97 Å². The largest absolute Gasteiger partial charge is 1.00 e. The molecule has 0 bridgehead atoms. The molecular weight excluding hydrogens is 251 g/mol. The number of carbonyl (C=O) groups excluding carboxylic acids is 1. The Labute approximate surface area is 132 Å². The second-order valence-corrected chi connectivity index (χ2v) is 4.35. The number of nitrogens with zero attached hydrogens (tertiary/aromatic N) is 2. The molecule has 3 aromatic rings. The first-order valence-corrected chi connectivity index (χ1v) is 5.65. The summed E-state index contributed by atoms with van der Waals surface area (Å²) in [5.74, 6) is -1.24. The van der Waals surface area contributed by atoms with Crippen molar-refractivity contribution >= 4 is 27.8 Å². The minimum atomic E-state index is -1.24. The van der Waals surface area contributed by atoms with Gasteiger partial charge in [-0.15, -0.1) is 0 Å². The van der Waals surface area contributed by atoms with E-state index in [-0.39, 0.29) is 35.3 Å². The fraction of sp³-hybridized carbons (Fsp3) is 0.143. The third-order valence-electron chi connectivity index (χ3n) is 3.27. The average molecular weight is 262 g/mol. The maximum atomic E-state index is 11.0. The molecule has 0 saturated heterocycles. The smallest absolute Gasteiger partial charge is 0.543 e. The number of benzene rings is 1. The van der Waals surface area contributed by atoms with Gasteiger partial charge in [0.15, 0.2) is 0 Å². The second kappa shape index (κ2) is 4.96. The molecule has 0 aliphatic heterocycles. The molecule has 0 amide bonds. The molecule has 90 valence electrons. The summed E-state index contributed by atoms with van der Waals surface area (Å²) in [6, 6.07) is 9.48. The van der Waals surface area contributed by atoms with Crippen LogP contribution in [0.4, 0.5) is 0 Å². The molecule has 0 radical (unpaired) electrons. The van der Waals surface area contributed by atoms with Crippen molar-refractivity contribution < 1.29 is 39.5 Å². The number of aromatic nitrogens is 2. The number of para-hydroxylation sites is 1. The number of carboxylic acid groups (broad SMARTS) is 1. The molecule has 0 saturated carbocycles. The van der Waals surface area contributed by atoms with Crippen molar-refractivity contribution in [3.8, 4) is 0 Å². The molecule has 0 N–H and O–H groups in total. The third kappa shape index (κ3) is 2.06. The third-order valence-corrected chi connectivity index (χ3v) is 3.27. The van der Waals surface area contributed by atoms with E-state index in [0.29, 0.717) is 5.69 Å². The maximum absolute atomic E-state index is 11.0. The van der Waals surface area contributed by atoms with Crippen LogP contribution in [0.5, 0.6) is 0 Å². The van der Waals surface area contributed by atoms with Gasteiger partial charge in [-0.3, -0.25) is 0 Å². The molecule has 3 rings (SSSR count). The van der Waals surface area contributed by atoms with Crippen molar-refractivity contribution in [3.63, 3.8) is 0 Å². The molecule has 0 fully saturated rings. The standard InChI is InChI=1S/C14H12N2O2.Na/c1-8-13-10(7-11(15-8)14(17)18)9-5-3-4-6-12(9)16(13)2;/h3-7H,1-2H3,(H,17,18);/q;+1/p-1. The first-order valence-electron chi connectivity index (χ1n) is 5.65. The van der Waals surface area contributed by atoms with Gasteiger partial charge in [0.2, 0.25) is 0 Å². The monoisotopic (exact) mass is 262 g/mol. The topological polar surface area (TPSA) is 57.9 Å². The van der Waals surface area contributed by atoms with Crippen molar-refractivity contribution in [1.82, 2.24) is 9.55 Å². The predicted octanol–water partition coefficient (Wildman–Crippen LogP) is -1.60. The molecule has 4 nitrogen and oxygen atoms in total. The Bertz CT molecular complexity index is 793. The van der Waals surface area contributed by atoms with Gasteiger partial charge in [0.1, 0.15) is 0 Å². The second-order valence-electron chi connectivity index (χ2n) is 4.35. The van der Waals surface area contributed by atoms with Gasteiger partial charge in [0, 0.05) is 23.3 Å². The van der Waals surface area contributed by atoms with Crippen molar-refractivity contribution in [2.45, 2.75) is 6.92 Å². The molecule has 0 aliphatic carbocycles. The summed E-state index contributed by atoms with van der Waals surface area (Å²) in [6.07, 6.45) is 0. The van der Waals surface area contributed by atoms with Gasteiger partial charge >= 0.3 is 29.6 Å².